The van der Waals surface area contributed by atoms with Gasteiger partial charge < -0.3 is 4.90 Å². The fraction of sp³-hybridized carbons (Fsp3) is 0.481. The number of aromatic nitrogens is 1. The highest BCUT2D eigenvalue weighted by Gasteiger charge is 2.52. The number of alkyl halides is 1. The van der Waals surface area contributed by atoms with Gasteiger partial charge >= 0.3 is 0 Å². The molecule has 1 unspecified atom stereocenters. The first-order valence-corrected chi connectivity index (χ1v) is 12.8. The lowest BCUT2D eigenvalue weighted by Gasteiger charge is -2.50. The van der Waals surface area contributed by atoms with Crippen LogP contribution in [-0.2, 0) is 8.34 Å². The molecule has 0 N–H and O–H groups in total. The summed E-state index contributed by atoms with van der Waals surface area (Å²) >= 11 is 2.54. The fourth-order valence-electron chi connectivity index (χ4n) is 4.90. The van der Waals surface area contributed by atoms with Gasteiger partial charge in [-0.2, -0.15) is 0 Å². The Balaban J connectivity index is 1.78. The number of benzene rings is 1. The summed E-state index contributed by atoms with van der Waals surface area (Å²) in [6, 6.07) is 14.6. The monoisotopic (exact) mass is 543 g/mol. The summed E-state index contributed by atoms with van der Waals surface area (Å²) in [6.45, 7) is 11.4. The highest BCUT2D eigenvalue weighted by atomic mass is 127. The van der Waals surface area contributed by atoms with Gasteiger partial charge in [0.1, 0.15) is 3.55 Å². The Morgan fingerprint density at radius 1 is 1.03 bits per heavy atom. The summed E-state index contributed by atoms with van der Waals surface area (Å²) in [5.74, 6) is 0.215. The normalized spacial score (nSPS) is 25.9. The molecule has 2 saturated heterocycles. The molecule has 0 radical (unpaired) electrons. The predicted octanol–water partition coefficient (Wildman–Crippen LogP) is 5.46. The second-order valence-corrected chi connectivity index (χ2v) is 11.4. The van der Waals surface area contributed by atoms with Crippen molar-refractivity contribution in [2.24, 2.45) is 5.41 Å². The van der Waals surface area contributed by atoms with Crippen LogP contribution in [0.5, 0.6) is 0 Å². The molecule has 0 saturated carbocycles. The number of pyridine rings is 1. The maximum atomic E-state index is 13.8. The van der Waals surface area contributed by atoms with Crippen LogP contribution in [0.15, 0.2) is 54.2 Å². The first-order valence-electron chi connectivity index (χ1n) is 11.7. The standard InChI is InChI=1S/C27H34IN3O/c1-21-10-12-22(13-11-21)27(28)24(19-23-9-5-6-14-29-23)25(32)26(2,3)20-31(27)18-17-30-15-7-4-8-16-30/h5-6,9-14,19H,4,7-8,15-18,20H2,1-3H3. The highest BCUT2D eigenvalue weighted by molar-refractivity contribution is 14.1. The SMILES string of the molecule is Cc1ccc(C2(I)C(=Cc3ccccn3)C(=O)C(C)(C)CN2CCN2CCCCC2)cc1. The molecule has 2 aliphatic heterocycles. The zero-order valence-electron chi connectivity index (χ0n) is 19.5. The van der Waals surface area contributed by atoms with Crippen molar-refractivity contribution in [3.05, 3.63) is 71.1 Å². The summed E-state index contributed by atoms with van der Waals surface area (Å²) in [4.78, 5) is 23.5. The third kappa shape index (κ3) is 4.85. The minimum absolute atomic E-state index is 0.215. The molecule has 0 bridgehead atoms. The van der Waals surface area contributed by atoms with Gasteiger partial charge in [-0.3, -0.25) is 14.7 Å². The molecule has 3 heterocycles. The number of ketones is 1. The van der Waals surface area contributed by atoms with E-state index < -0.39 is 8.96 Å². The Morgan fingerprint density at radius 3 is 2.41 bits per heavy atom. The van der Waals surface area contributed by atoms with Crippen molar-refractivity contribution >= 4 is 34.5 Å². The van der Waals surface area contributed by atoms with Crippen molar-refractivity contribution in [3.8, 4) is 0 Å². The molecule has 2 aromatic rings. The smallest absolute Gasteiger partial charge is 0.168 e. The first kappa shape index (κ1) is 23.6. The largest absolute Gasteiger partial charge is 0.302 e. The molecule has 1 aromatic heterocycles. The van der Waals surface area contributed by atoms with Gasteiger partial charge in [-0.25, -0.2) is 0 Å². The lowest BCUT2D eigenvalue weighted by molar-refractivity contribution is -0.128. The third-order valence-corrected chi connectivity index (χ3v) is 8.67. The minimum Gasteiger partial charge on any atom is -0.302 e. The molecule has 0 aliphatic carbocycles. The highest BCUT2D eigenvalue weighted by Crippen LogP contribution is 2.50. The van der Waals surface area contributed by atoms with Crippen LogP contribution in [0.3, 0.4) is 0 Å². The molecule has 5 heteroatoms. The summed E-state index contributed by atoms with van der Waals surface area (Å²) in [6.07, 6.45) is 7.74. The van der Waals surface area contributed by atoms with Crippen molar-refractivity contribution in [2.75, 3.05) is 32.7 Å². The van der Waals surface area contributed by atoms with Crippen LogP contribution in [0.4, 0.5) is 0 Å². The third-order valence-electron chi connectivity index (χ3n) is 6.79. The van der Waals surface area contributed by atoms with E-state index in [0.29, 0.717) is 0 Å². The maximum absolute atomic E-state index is 13.8. The second kappa shape index (κ2) is 9.74. The number of nitrogens with zero attached hydrogens (tertiary/aromatic N) is 3. The van der Waals surface area contributed by atoms with Crippen LogP contribution in [0.1, 0.15) is 49.9 Å². The van der Waals surface area contributed by atoms with Gasteiger partial charge in [0.2, 0.25) is 0 Å². The topological polar surface area (TPSA) is 36.4 Å². The summed E-state index contributed by atoms with van der Waals surface area (Å²) in [5.41, 5.74) is 3.61. The van der Waals surface area contributed by atoms with Gasteiger partial charge in [-0.1, -0.05) is 78.8 Å². The number of aryl methyl sites for hydroxylation is 1. The lowest BCUT2D eigenvalue weighted by Crippen LogP contribution is -2.58. The van der Waals surface area contributed by atoms with E-state index in [1.165, 1.54) is 37.9 Å². The molecule has 2 fully saturated rings. The number of rotatable bonds is 5. The van der Waals surface area contributed by atoms with Gasteiger partial charge in [-0.05, 0) is 56.6 Å². The van der Waals surface area contributed by atoms with Crippen LogP contribution >= 0.6 is 22.6 Å². The number of carbonyl (C=O) groups excluding carboxylic acids is 1. The molecule has 4 nitrogen and oxygen atoms in total. The van der Waals surface area contributed by atoms with E-state index in [1.54, 1.807) is 6.20 Å². The van der Waals surface area contributed by atoms with Gasteiger partial charge in [0.05, 0.1) is 5.69 Å². The molecule has 1 aromatic carbocycles. The minimum atomic E-state index is -0.522. The molecule has 32 heavy (non-hydrogen) atoms. The van der Waals surface area contributed by atoms with Gasteiger partial charge in [0, 0.05) is 36.8 Å². The van der Waals surface area contributed by atoms with Crippen molar-refractivity contribution < 1.29 is 4.79 Å². The average Bonchev–Trinajstić information content (AvgIpc) is 2.80. The Kier molecular flexibility index (Phi) is 7.18. The van der Waals surface area contributed by atoms with Crippen molar-refractivity contribution in [2.45, 2.75) is 43.6 Å². The molecule has 4 rings (SSSR count). The van der Waals surface area contributed by atoms with E-state index in [-0.39, 0.29) is 5.78 Å². The Morgan fingerprint density at radius 2 is 1.75 bits per heavy atom. The van der Waals surface area contributed by atoms with E-state index >= 15 is 0 Å². The van der Waals surface area contributed by atoms with Crippen LogP contribution < -0.4 is 0 Å². The van der Waals surface area contributed by atoms with E-state index in [1.807, 2.05) is 24.3 Å². The number of Topliss-reactive ketones (excluding diaryl/α,β-unsaturated/α-hetero) is 1. The molecule has 0 amide bonds. The van der Waals surface area contributed by atoms with Crippen molar-refractivity contribution in [3.63, 3.8) is 0 Å². The number of hydrogen-bond acceptors (Lipinski definition) is 4. The number of likely N-dealkylation sites (tertiary alicyclic amines) is 2. The van der Waals surface area contributed by atoms with Crippen molar-refractivity contribution in [1.29, 1.82) is 0 Å². The molecular weight excluding hydrogens is 509 g/mol. The number of carbonyl (C=O) groups is 1. The molecule has 0 spiro atoms. The van der Waals surface area contributed by atoms with Gasteiger partial charge in [-0.15, -0.1) is 0 Å². The van der Waals surface area contributed by atoms with E-state index in [4.69, 9.17) is 0 Å². The number of hydrogen-bond donors (Lipinski definition) is 0. The zero-order chi connectivity index (χ0) is 22.8. The summed E-state index contributed by atoms with van der Waals surface area (Å²) in [5, 5.41) is 0. The second-order valence-electron chi connectivity index (χ2n) is 9.84. The van der Waals surface area contributed by atoms with Crippen LogP contribution in [0.25, 0.3) is 6.08 Å². The fourth-order valence-corrected chi connectivity index (χ4v) is 6.08. The first-order chi connectivity index (χ1) is 15.3. The molecule has 1 atom stereocenters. The van der Waals surface area contributed by atoms with E-state index in [9.17, 15) is 4.79 Å². The van der Waals surface area contributed by atoms with Crippen LogP contribution in [0.2, 0.25) is 0 Å². The Labute approximate surface area is 206 Å². The Hall–Kier alpha value is -1.57. The zero-order valence-corrected chi connectivity index (χ0v) is 21.6. The predicted molar refractivity (Wildman–Crippen MR) is 140 cm³/mol. The van der Waals surface area contributed by atoms with Crippen LogP contribution in [-0.4, -0.2) is 53.3 Å². The van der Waals surface area contributed by atoms with Gasteiger partial charge in [0.15, 0.2) is 5.78 Å². The maximum Gasteiger partial charge on any atom is 0.168 e. The van der Waals surface area contributed by atoms with Crippen LogP contribution in [0, 0.1) is 12.3 Å². The molecule has 2 aliphatic rings. The molecule has 170 valence electrons. The molecular formula is C27H34IN3O. The summed E-state index contributed by atoms with van der Waals surface area (Å²) < 4.78 is -0.522. The van der Waals surface area contributed by atoms with E-state index in [0.717, 1.165) is 36.5 Å². The average molecular weight is 543 g/mol. The van der Waals surface area contributed by atoms with Gasteiger partial charge in [0.25, 0.3) is 0 Å². The quantitative estimate of drug-likeness (QED) is 0.217. The summed E-state index contributed by atoms with van der Waals surface area (Å²) in [7, 11) is 0. The van der Waals surface area contributed by atoms with Crippen molar-refractivity contribution in [1.82, 2.24) is 14.8 Å². The Bertz CT molecular complexity index is 964. The number of piperidine rings is 2. The number of halogens is 1. The van der Waals surface area contributed by atoms with E-state index in [2.05, 4.69) is 82.4 Å². The lowest BCUT2D eigenvalue weighted by atomic mass is 9.74.